The van der Waals surface area contributed by atoms with E-state index < -0.39 is 36.4 Å². The van der Waals surface area contributed by atoms with Gasteiger partial charge in [-0.15, -0.1) is 0 Å². The van der Waals surface area contributed by atoms with Gasteiger partial charge in [-0.1, -0.05) is 51.7 Å². The number of aliphatic hydroxyl groups excluding tert-OH is 1. The molecule has 4 heterocycles. The van der Waals surface area contributed by atoms with E-state index in [0.717, 1.165) is 46.3 Å². The number of benzene rings is 2. The van der Waals surface area contributed by atoms with Crippen molar-refractivity contribution in [2.45, 2.75) is 77.2 Å². The number of rotatable bonds is 9. The molecule has 2 aliphatic heterocycles. The zero-order valence-electron chi connectivity index (χ0n) is 31.9. The number of fused-ring (bicyclic) bond motifs is 1. The fourth-order valence-corrected chi connectivity index (χ4v) is 7.20. The van der Waals surface area contributed by atoms with Crippen molar-refractivity contribution < 1.29 is 33.8 Å². The van der Waals surface area contributed by atoms with Gasteiger partial charge in [0.2, 0.25) is 11.8 Å². The van der Waals surface area contributed by atoms with Crippen LogP contribution in [-0.2, 0) is 19.1 Å². The minimum absolute atomic E-state index is 0.122. The Labute approximate surface area is 319 Å². The smallest absolute Gasteiger partial charge is 0.407 e. The van der Waals surface area contributed by atoms with E-state index in [-0.39, 0.29) is 29.7 Å². The average molecular weight is 753 g/mol. The van der Waals surface area contributed by atoms with E-state index in [4.69, 9.17) is 14.5 Å². The lowest BCUT2D eigenvalue weighted by Crippen LogP contribution is -2.51. The zero-order chi connectivity index (χ0) is 39.4. The number of amides is 4. The van der Waals surface area contributed by atoms with E-state index in [2.05, 4.69) is 37.4 Å². The molecule has 5 N–H and O–H groups in total. The third kappa shape index (κ3) is 8.44. The highest BCUT2D eigenvalue weighted by Crippen LogP contribution is 2.34. The maximum Gasteiger partial charge on any atom is 0.407 e. The number of methoxy groups -OCH3 is 2. The number of nitrogens with one attached hydrogen (secondary N) is 4. The highest BCUT2D eigenvalue weighted by molar-refractivity contribution is 5.87. The van der Waals surface area contributed by atoms with E-state index in [1.807, 2.05) is 70.2 Å². The predicted octanol–water partition coefficient (Wildman–Crippen LogP) is 4.41. The summed E-state index contributed by atoms with van der Waals surface area (Å²) in [7, 11) is 2.52. The quantitative estimate of drug-likeness (QED) is 0.154. The van der Waals surface area contributed by atoms with Crippen molar-refractivity contribution in [3.63, 3.8) is 0 Å². The number of carbonyl (C=O) groups excluding carboxylic acids is 4. The molecule has 6 rings (SSSR count). The lowest BCUT2D eigenvalue weighted by molar-refractivity contribution is -0.136. The van der Waals surface area contributed by atoms with Gasteiger partial charge in [-0.25, -0.2) is 19.6 Å². The van der Waals surface area contributed by atoms with Crippen molar-refractivity contribution in [3.05, 3.63) is 71.4 Å². The minimum atomic E-state index is -0.819. The van der Waals surface area contributed by atoms with Crippen molar-refractivity contribution >= 4 is 35.0 Å². The first-order valence-electron chi connectivity index (χ1n) is 18.5. The van der Waals surface area contributed by atoms with Gasteiger partial charge in [0.25, 0.3) is 0 Å². The van der Waals surface area contributed by atoms with Crippen LogP contribution in [0, 0.1) is 23.7 Å². The Kier molecular flexibility index (Phi) is 11.8. The number of aromatic amines is 2. The first-order chi connectivity index (χ1) is 26.4. The van der Waals surface area contributed by atoms with Crippen LogP contribution >= 0.6 is 0 Å². The first-order valence-corrected chi connectivity index (χ1v) is 18.5. The van der Waals surface area contributed by atoms with Gasteiger partial charge in [-0.2, -0.15) is 0 Å². The largest absolute Gasteiger partial charge is 0.453 e. The van der Waals surface area contributed by atoms with Gasteiger partial charge in [-0.05, 0) is 67.0 Å². The lowest BCUT2D eigenvalue weighted by Gasteiger charge is -2.30. The number of hydrogen-bond donors (Lipinski definition) is 5. The number of imidazole rings is 2. The second kappa shape index (κ2) is 16.6. The maximum absolute atomic E-state index is 13.5. The van der Waals surface area contributed by atoms with Gasteiger partial charge in [0.15, 0.2) is 0 Å². The summed E-state index contributed by atoms with van der Waals surface area (Å²) in [5, 5.41) is 16.2. The third-order valence-corrected chi connectivity index (χ3v) is 10.2. The Morgan fingerprint density at radius 3 is 2.07 bits per heavy atom. The predicted molar refractivity (Wildman–Crippen MR) is 203 cm³/mol. The van der Waals surface area contributed by atoms with Crippen molar-refractivity contribution in [2.75, 3.05) is 27.3 Å². The summed E-state index contributed by atoms with van der Waals surface area (Å²) in [4.78, 5) is 70.3. The number of alkyl carbamates (subject to hydrolysis) is 2. The Morgan fingerprint density at radius 1 is 0.818 bits per heavy atom. The van der Waals surface area contributed by atoms with Crippen LogP contribution in [0.25, 0.3) is 22.3 Å². The number of H-pyrrole nitrogens is 2. The summed E-state index contributed by atoms with van der Waals surface area (Å²) in [5.41, 5.74) is 4.75. The van der Waals surface area contributed by atoms with E-state index in [0.29, 0.717) is 31.2 Å². The van der Waals surface area contributed by atoms with E-state index in [9.17, 15) is 24.3 Å². The number of aliphatic hydroxyl groups is 1. The van der Waals surface area contributed by atoms with Gasteiger partial charge in [0.05, 0.1) is 49.3 Å². The number of nitrogens with zero attached hydrogens (tertiary/aromatic N) is 4. The van der Waals surface area contributed by atoms with Gasteiger partial charge in [0, 0.05) is 24.2 Å². The molecule has 0 bridgehead atoms. The number of hydrogen-bond acceptors (Lipinski definition) is 9. The van der Waals surface area contributed by atoms with Gasteiger partial charge >= 0.3 is 12.2 Å². The molecule has 0 radical (unpaired) electrons. The molecule has 5 atom stereocenters. The zero-order valence-corrected chi connectivity index (χ0v) is 31.9. The highest BCUT2D eigenvalue weighted by Gasteiger charge is 2.42. The standard InChI is InChI=1S/C40H48N8O7/c1-22(2)32(45-39(52)54-5)37(50)47-18-7-8-30(47)35-42-27-16-13-25(20-28(27)43-35)10-9-24-11-14-26(15-12-24)29-21-41-36(44-29)34-31(49)17-19-48(34)38(51)33(23(3)4)46-40(53)55-6/h11-16,20-23,30-34,49H,7-8,17-19H2,1-6H3,(H,41,44)(H,42,43)(H,45,52)(H,46,53). The van der Waals surface area contributed by atoms with Crippen LogP contribution < -0.4 is 10.6 Å². The summed E-state index contributed by atoms with van der Waals surface area (Å²) in [5.74, 6) is 6.81. The maximum atomic E-state index is 13.5. The Morgan fingerprint density at radius 2 is 1.44 bits per heavy atom. The van der Waals surface area contributed by atoms with Crippen molar-refractivity contribution in [2.24, 2.45) is 11.8 Å². The van der Waals surface area contributed by atoms with Crippen LogP contribution in [0.5, 0.6) is 0 Å². The number of aromatic nitrogens is 4. The highest BCUT2D eigenvalue weighted by atomic mass is 16.5. The molecule has 2 saturated heterocycles. The molecule has 290 valence electrons. The molecule has 0 saturated carbocycles. The normalized spacial score (nSPS) is 19.3. The minimum Gasteiger partial charge on any atom is -0.453 e. The Hall–Kier alpha value is -5.88. The van der Waals surface area contributed by atoms with Crippen LogP contribution in [0.3, 0.4) is 0 Å². The molecule has 15 heteroatoms. The average Bonchev–Trinajstić information content (AvgIpc) is 4.00. The van der Waals surface area contributed by atoms with Crippen molar-refractivity contribution in [1.29, 1.82) is 0 Å². The summed E-state index contributed by atoms with van der Waals surface area (Å²) >= 11 is 0. The number of likely N-dealkylation sites (tertiary alicyclic amines) is 2. The monoisotopic (exact) mass is 752 g/mol. The molecule has 5 unspecified atom stereocenters. The van der Waals surface area contributed by atoms with E-state index in [1.165, 1.54) is 14.2 Å². The molecule has 2 fully saturated rings. The first kappa shape index (κ1) is 38.8. The van der Waals surface area contributed by atoms with Gasteiger partial charge in [-0.3, -0.25) is 9.59 Å². The summed E-state index contributed by atoms with van der Waals surface area (Å²) in [6, 6.07) is 11.0. The lowest BCUT2D eigenvalue weighted by atomic mass is 10.0. The van der Waals surface area contributed by atoms with E-state index in [1.54, 1.807) is 16.0 Å². The molecular formula is C40H48N8O7. The molecule has 0 spiro atoms. The molecule has 55 heavy (non-hydrogen) atoms. The summed E-state index contributed by atoms with van der Waals surface area (Å²) in [6.45, 7) is 8.34. The summed E-state index contributed by atoms with van der Waals surface area (Å²) in [6.07, 6.45) is 1.49. The molecule has 2 aromatic heterocycles. The summed E-state index contributed by atoms with van der Waals surface area (Å²) < 4.78 is 9.46. The van der Waals surface area contributed by atoms with Crippen LogP contribution in [0.2, 0.25) is 0 Å². The SMILES string of the molecule is COC(=O)NC(C(=O)N1CCCC1c1nc2ccc(C#Cc3ccc(-c4cnc(C5C(O)CCN5C(=O)C(NC(=O)OC)C(C)C)[nH]4)cc3)cc2[nH]1)C(C)C. The molecule has 2 aliphatic rings. The number of carbonyl (C=O) groups is 4. The molecular weight excluding hydrogens is 704 g/mol. The molecule has 4 amide bonds. The fraction of sp³-hybridized carbons (Fsp3) is 0.450. The molecule has 2 aromatic carbocycles. The topological polar surface area (TPSA) is 195 Å². The van der Waals surface area contributed by atoms with Crippen molar-refractivity contribution in [1.82, 2.24) is 40.4 Å². The number of ether oxygens (including phenoxy) is 2. The Balaban J connectivity index is 1.13. The van der Waals surface area contributed by atoms with Gasteiger partial charge in [0.1, 0.15) is 29.8 Å². The fourth-order valence-electron chi connectivity index (χ4n) is 7.20. The van der Waals surface area contributed by atoms with Crippen LogP contribution in [0.15, 0.2) is 48.7 Å². The second-order valence-corrected chi connectivity index (χ2v) is 14.6. The second-order valence-electron chi connectivity index (χ2n) is 14.6. The van der Waals surface area contributed by atoms with Crippen LogP contribution in [0.4, 0.5) is 9.59 Å². The third-order valence-electron chi connectivity index (χ3n) is 10.2. The van der Waals surface area contributed by atoms with Gasteiger partial charge < -0.3 is 45.0 Å². The molecule has 15 nitrogen and oxygen atoms in total. The van der Waals surface area contributed by atoms with Crippen LogP contribution in [-0.4, -0.2) is 104 Å². The van der Waals surface area contributed by atoms with Crippen molar-refractivity contribution in [3.8, 4) is 23.1 Å². The Bertz CT molecular complexity index is 2100. The molecule has 4 aromatic rings. The van der Waals surface area contributed by atoms with Crippen LogP contribution in [0.1, 0.15) is 81.8 Å². The molecule has 0 aliphatic carbocycles. The van der Waals surface area contributed by atoms with E-state index >= 15 is 0 Å².